The molecular formula is C9H17N5O2S. The number of aryl methyl sites for hydroxylation is 1. The number of nitrogens with zero attached hydrogens (tertiary/aromatic N) is 2. The number of H-pyrrole nitrogens is 1. The van der Waals surface area contributed by atoms with Crippen LogP contribution in [0.4, 0.5) is 0 Å². The van der Waals surface area contributed by atoms with E-state index in [0.29, 0.717) is 5.69 Å². The van der Waals surface area contributed by atoms with Crippen LogP contribution < -0.4 is 5.73 Å². The lowest BCUT2D eigenvalue weighted by atomic mass is 10.2. The molecule has 0 aliphatic carbocycles. The Kier molecular flexibility index (Phi) is 3.89. The second kappa shape index (κ2) is 4.84. The van der Waals surface area contributed by atoms with Crippen molar-refractivity contribution in [3.05, 3.63) is 11.9 Å². The first-order valence-corrected chi connectivity index (χ1v) is 6.51. The van der Waals surface area contributed by atoms with Crippen molar-refractivity contribution < 1.29 is 8.42 Å². The summed E-state index contributed by atoms with van der Waals surface area (Å²) in [7, 11) is -2.11. The van der Waals surface area contributed by atoms with Crippen molar-refractivity contribution >= 4 is 15.9 Å². The van der Waals surface area contributed by atoms with Gasteiger partial charge in [0.05, 0.1) is 17.7 Å². The average molecular weight is 259 g/mol. The summed E-state index contributed by atoms with van der Waals surface area (Å²) in [4.78, 5) is 0.149. The number of hydrogen-bond acceptors (Lipinski definition) is 4. The molecule has 7 nitrogen and oxygen atoms in total. The molecule has 0 fully saturated rings. The van der Waals surface area contributed by atoms with E-state index in [-0.39, 0.29) is 23.2 Å². The SMILES string of the molecule is Cc1[nH]ncc1S(=O)(=O)N(C)CC(C)C(=N)N. The third-order valence-electron chi connectivity index (χ3n) is 2.53. The average Bonchev–Trinajstić information content (AvgIpc) is 2.64. The Morgan fingerprint density at radius 1 is 1.71 bits per heavy atom. The highest BCUT2D eigenvalue weighted by atomic mass is 32.2. The van der Waals surface area contributed by atoms with Crippen molar-refractivity contribution in [1.29, 1.82) is 5.41 Å². The Bertz CT molecular complexity index is 507. The number of rotatable bonds is 5. The maximum absolute atomic E-state index is 12.1. The van der Waals surface area contributed by atoms with Crippen LogP contribution >= 0.6 is 0 Å². The fourth-order valence-corrected chi connectivity index (χ4v) is 2.72. The third-order valence-corrected chi connectivity index (χ3v) is 4.47. The van der Waals surface area contributed by atoms with E-state index in [4.69, 9.17) is 11.1 Å². The van der Waals surface area contributed by atoms with E-state index in [1.54, 1.807) is 13.8 Å². The van der Waals surface area contributed by atoms with Gasteiger partial charge in [-0.15, -0.1) is 0 Å². The van der Waals surface area contributed by atoms with Gasteiger partial charge >= 0.3 is 0 Å². The fourth-order valence-electron chi connectivity index (χ4n) is 1.35. The second-order valence-corrected chi connectivity index (χ2v) is 6.01. The van der Waals surface area contributed by atoms with Gasteiger partial charge in [-0.25, -0.2) is 12.7 Å². The fraction of sp³-hybridized carbons (Fsp3) is 0.556. The predicted octanol–water partition coefficient (Wildman–Crippen LogP) is -0.0893. The van der Waals surface area contributed by atoms with E-state index >= 15 is 0 Å². The summed E-state index contributed by atoms with van der Waals surface area (Å²) in [5.74, 6) is -0.349. The van der Waals surface area contributed by atoms with Crippen LogP contribution in [0.2, 0.25) is 0 Å². The van der Waals surface area contributed by atoms with Crippen LogP contribution in [0.15, 0.2) is 11.1 Å². The number of amidine groups is 1. The lowest BCUT2D eigenvalue weighted by Crippen LogP contribution is -2.36. The van der Waals surface area contributed by atoms with Gasteiger partial charge in [0.1, 0.15) is 4.90 Å². The van der Waals surface area contributed by atoms with E-state index < -0.39 is 10.0 Å². The number of sulfonamides is 1. The van der Waals surface area contributed by atoms with Crippen LogP contribution in [0, 0.1) is 18.3 Å². The molecule has 0 saturated heterocycles. The van der Waals surface area contributed by atoms with E-state index in [2.05, 4.69) is 10.2 Å². The number of aromatic amines is 1. The molecule has 0 saturated carbocycles. The van der Waals surface area contributed by atoms with Crippen molar-refractivity contribution in [3.8, 4) is 0 Å². The minimum atomic E-state index is -3.57. The molecule has 1 aromatic heterocycles. The predicted molar refractivity (Wildman–Crippen MR) is 64.2 cm³/mol. The van der Waals surface area contributed by atoms with Gasteiger partial charge in [-0.1, -0.05) is 6.92 Å². The normalized spacial score (nSPS) is 13.9. The molecule has 1 aromatic rings. The molecule has 0 aliphatic heterocycles. The molecule has 0 amide bonds. The van der Waals surface area contributed by atoms with Gasteiger partial charge < -0.3 is 5.73 Å². The van der Waals surface area contributed by atoms with Crippen LogP contribution in [-0.2, 0) is 10.0 Å². The quantitative estimate of drug-likeness (QED) is 0.506. The standard InChI is InChI=1S/C9H17N5O2S/c1-6(9(10)11)5-14(3)17(15,16)8-4-12-13-7(8)2/h4,6H,5H2,1-3H3,(H3,10,11)(H,12,13). The van der Waals surface area contributed by atoms with Crippen LogP contribution in [0.25, 0.3) is 0 Å². The Morgan fingerprint density at radius 3 is 2.71 bits per heavy atom. The minimum Gasteiger partial charge on any atom is -0.387 e. The van der Waals surface area contributed by atoms with Crippen LogP contribution in [-0.4, -0.2) is 42.3 Å². The Balaban J connectivity index is 2.93. The highest BCUT2D eigenvalue weighted by Crippen LogP contribution is 2.17. The van der Waals surface area contributed by atoms with Crippen LogP contribution in [0.5, 0.6) is 0 Å². The number of hydrogen-bond donors (Lipinski definition) is 3. The lowest BCUT2D eigenvalue weighted by molar-refractivity contribution is 0.443. The zero-order chi connectivity index (χ0) is 13.2. The molecule has 8 heteroatoms. The summed E-state index contributed by atoms with van der Waals surface area (Å²) < 4.78 is 25.4. The zero-order valence-corrected chi connectivity index (χ0v) is 10.9. The molecule has 0 aliphatic rings. The molecule has 96 valence electrons. The van der Waals surface area contributed by atoms with Gasteiger partial charge in [-0.05, 0) is 6.92 Å². The number of aromatic nitrogens is 2. The van der Waals surface area contributed by atoms with Crippen molar-refractivity contribution in [2.45, 2.75) is 18.7 Å². The molecule has 1 atom stereocenters. The van der Waals surface area contributed by atoms with Gasteiger partial charge in [0.15, 0.2) is 0 Å². The van der Waals surface area contributed by atoms with Crippen molar-refractivity contribution in [2.24, 2.45) is 11.7 Å². The molecule has 0 radical (unpaired) electrons. The number of nitrogens with one attached hydrogen (secondary N) is 2. The molecular weight excluding hydrogens is 242 g/mol. The molecule has 4 N–H and O–H groups in total. The van der Waals surface area contributed by atoms with E-state index in [0.717, 1.165) is 0 Å². The van der Waals surface area contributed by atoms with Gasteiger partial charge in [0.2, 0.25) is 10.0 Å². The largest absolute Gasteiger partial charge is 0.387 e. The van der Waals surface area contributed by atoms with Gasteiger partial charge in [-0.3, -0.25) is 10.5 Å². The summed E-state index contributed by atoms with van der Waals surface area (Å²) in [6.45, 7) is 3.51. The zero-order valence-electron chi connectivity index (χ0n) is 10.1. The van der Waals surface area contributed by atoms with Crippen LogP contribution in [0.3, 0.4) is 0 Å². The lowest BCUT2D eigenvalue weighted by Gasteiger charge is -2.20. The van der Waals surface area contributed by atoms with E-state index in [9.17, 15) is 8.42 Å². The molecule has 0 aromatic carbocycles. The Hall–Kier alpha value is -1.41. The summed E-state index contributed by atoms with van der Waals surface area (Å²) in [6, 6.07) is 0. The molecule has 1 unspecified atom stereocenters. The summed E-state index contributed by atoms with van der Waals surface area (Å²) in [5, 5.41) is 13.5. The molecule has 1 rings (SSSR count). The maximum Gasteiger partial charge on any atom is 0.246 e. The molecule has 17 heavy (non-hydrogen) atoms. The molecule has 0 bridgehead atoms. The first kappa shape index (κ1) is 13.7. The highest BCUT2D eigenvalue weighted by molar-refractivity contribution is 7.89. The maximum atomic E-state index is 12.1. The third kappa shape index (κ3) is 2.83. The van der Waals surface area contributed by atoms with Gasteiger partial charge in [0.25, 0.3) is 0 Å². The first-order chi connectivity index (χ1) is 7.76. The van der Waals surface area contributed by atoms with Crippen molar-refractivity contribution in [1.82, 2.24) is 14.5 Å². The monoisotopic (exact) mass is 259 g/mol. The number of nitrogens with two attached hydrogens (primary N) is 1. The Morgan fingerprint density at radius 2 is 2.29 bits per heavy atom. The Labute approximate surface area is 101 Å². The molecule has 0 spiro atoms. The molecule has 1 heterocycles. The van der Waals surface area contributed by atoms with E-state index in [1.807, 2.05) is 0 Å². The summed E-state index contributed by atoms with van der Waals surface area (Å²) in [5.41, 5.74) is 5.81. The van der Waals surface area contributed by atoms with E-state index in [1.165, 1.54) is 17.5 Å². The highest BCUT2D eigenvalue weighted by Gasteiger charge is 2.25. The van der Waals surface area contributed by atoms with Gasteiger partial charge in [0, 0.05) is 19.5 Å². The smallest absolute Gasteiger partial charge is 0.246 e. The minimum absolute atomic E-state index is 0.0315. The van der Waals surface area contributed by atoms with Gasteiger partial charge in [-0.2, -0.15) is 5.10 Å². The van der Waals surface area contributed by atoms with Crippen molar-refractivity contribution in [3.63, 3.8) is 0 Å². The first-order valence-electron chi connectivity index (χ1n) is 5.07. The summed E-state index contributed by atoms with van der Waals surface area (Å²) >= 11 is 0. The second-order valence-electron chi connectivity index (χ2n) is 4.00. The van der Waals surface area contributed by atoms with Crippen molar-refractivity contribution in [2.75, 3.05) is 13.6 Å². The summed E-state index contributed by atoms with van der Waals surface area (Å²) in [6.07, 6.45) is 1.28. The topological polar surface area (TPSA) is 116 Å². The van der Waals surface area contributed by atoms with Crippen LogP contribution in [0.1, 0.15) is 12.6 Å².